The van der Waals surface area contributed by atoms with E-state index in [4.69, 9.17) is 23.0 Å². The topological polar surface area (TPSA) is 80.0 Å². The summed E-state index contributed by atoms with van der Waals surface area (Å²) in [5.74, 6) is 1.17. The number of nitrogens with zero attached hydrogens (tertiary/aromatic N) is 1. The second-order valence-electron chi connectivity index (χ2n) is 4.45. The van der Waals surface area contributed by atoms with Gasteiger partial charge in [0.25, 0.3) is 0 Å². The average molecular weight is 341 g/mol. The van der Waals surface area contributed by atoms with Gasteiger partial charge in [0, 0.05) is 11.6 Å². The van der Waals surface area contributed by atoms with Gasteiger partial charge in [-0.2, -0.15) is 0 Å². The average Bonchev–Trinajstić information content (AvgIpc) is 3.05. The Kier molecular flexibility index (Phi) is 5.82. The van der Waals surface area contributed by atoms with Crippen LogP contribution in [0.2, 0.25) is 0 Å². The second kappa shape index (κ2) is 7.64. The Bertz CT molecular complexity index is 689. The summed E-state index contributed by atoms with van der Waals surface area (Å²) >= 11 is 0. The lowest BCUT2D eigenvalue weighted by molar-refractivity contribution is 0.223. The molecule has 23 heavy (non-hydrogen) atoms. The van der Waals surface area contributed by atoms with Gasteiger partial charge in [-0.3, -0.25) is 4.57 Å². The van der Waals surface area contributed by atoms with Gasteiger partial charge < -0.3 is 23.0 Å². The van der Waals surface area contributed by atoms with Crippen LogP contribution < -0.4 is 15.0 Å². The standard InChI is InChI=1S/C15H20NO6P/c1-5-20-23(17,21-6-2)15-10-12(16-22-15)11-7-8-13(18-3)14(9-11)19-4/h7-10H,5-6H2,1-4H3. The van der Waals surface area contributed by atoms with Gasteiger partial charge in [-0.15, -0.1) is 0 Å². The molecule has 0 radical (unpaired) electrons. The Hall–Kier alpha value is -1.82. The minimum atomic E-state index is -3.49. The van der Waals surface area contributed by atoms with Crippen molar-refractivity contribution in [2.24, 2.45) is 0 Å². The molecule has 0 unspecified atom stereocenters. The Balaban J connectivity index is 2.37. The van der Waals surface area contributed by atoms with Crippen molar-refractivity contribution in [1.29, 1.82) is 0 Å². The van der Waals surface area contributed by atoms with Gasteiger partial charge >= 0.3 is 7.60 Å². The molecule has 0 N–H and O–H groups in total. The zero-order valence-electron chi connectivity index (χ0n) is 13.6. The molecular formula is C15H20NO6P. The van der Waals surface area contributed by atoms with Crippen molar-refractivity contribution in [3.05, 3.63) is 24.3 Å². The van der Waals surface area contributed by atoms with E-state index in [1.165, 1.54) is 0 Å². The van der Waals surface area contributed by atoms with E-state index in [2.05, 4.69) is 5.16 Å². The molecule has 0 saturated heterocycles. The molecule has 0 atom stereocenters. The van der Waals surface area contributed by atoms with E-state index < -0.39 is 7.60 Å². The van der Waals surface area contributed by atoms with Crippen LogP contribution in [0.25, 0.3) is 11.3 Å². The molecule has 0 spiro atoms. The molecule has 2 aromatic rings. The van der Waals surface area contributed by atoms with Crippen LogP contribution in [-0.4, -0.2) is 32.6 Å². The summed E-state index contributed by atoms with van der Waals surface area (Å²) in [6.45, 7) is 3.95. The molecule has 1 aromatic carbocycles. The normalized spacial score (nSPS) is 11.5. The lowest BCUT2D eigenvalue weighted by atomic mass is 10.1. The van der Waals surface area contributed by atoms with Crippen LogP contribution >= 0.6 is 7.60 Å². The SMILES string of the molecule is CCOP(=O)(OCC)c1cc(-c2ccc(OC)c(OC)c2)no1. The quantitative estimate of drug-likeness (QED) is 0.682. The number of methoxy groups -OCH3 is 2. The number of benzene rings is 1. The summed E-state index contributed by atoms with van der Waals surface area (Å²) in [6.07, 6.45) is 0. The highest BCUT2D eigenvalue weighted by molar-refractivity contribution is 7.61. The smallest absolute Gasteiger partial charge is 0.399 e. The van der Waals surface area contributed by atoms with E-state index in [0.717, 1.165) is 5.56 Å². The summed E-state index contributed by atoms with van der Waals surface area (Å²) in [5, 5.41) is 3.94. The molecule has 2 rings (SSSR count). The lowest BCUT2D eigenvalue weighted by Gasteiger charge is -2.12. The summed E-state index contributed by atoms with van der Waals surface area (Å²) in [7, 11) is -0.379. The molecule has 0 aliphatic heterocycles. The molecule has 0 bridgehead atoms. The maximum absolute atomic E-state index is 12.7. The van der Waals surface area contributed by atoms with E-state index >= 15 is 0 Å². The fourth-order valence-electron chi connectivity index (χ4n) is 2.03. The lowest BCUT2D eigenvalue weighted by Crippen LogP contribution is -2.08. The molecule has 0 aliphatic rings. The third-order valence-electron chi connectivity index (χ3n) is 3.05. The van der Waals surface area contributed by atoms with Crippen LogP contribution in [0.1, 0.15) is 13.8 Å². The van der Waals surface area contributed by atoms with Crippen molar-refractivity contribution in [2.45, 2.75) is 13.8 Å². The predicted molar refractivity (Wildman–Crippen MR) is 85.5 cm³/mol. The van der Waals surface area contributed by atoms with Gasteiger partial charge in [0.15, 0.2) is 11.5 Å². The Morgan fingerprint density at radius 1 is 1.04 bits per heavy atom. The zero-order chi connectivity index (χ0) is 16.9. The zero-order valence-corrected chi connectivity index (χ0v) is 14.5. The first-order chi connectivity index (χ1) is 11.1. The number of hydrogen-bond acceptors (Lipinski definition) is 7. The van der Waals surface area contributed by atoms with Crippen molar-refractivity contribution < 1.29 is 27.6 Å². The summed E-state index contributed by atoms with van der Waals surface area (Å²) in [6, 6.07) is 6.86. The summed E-state index contributed by atoms with van der Waals surface area (Å²) in [5.41, 5.74) is 1.31. The number of rotatable bonds is 8. The summed E-state index contributed by atoms with van der Waals surface area (Å²) in [4.78, 5) is 0. The van der Waals surface area contributed by atoms with Crippen molar-refractivity contribution in [2.75, 3.05) is 27.4 Å². The van der Waals surface area contributed by atoms with Crippen LogP contribution in [0, 0.1) is 0 Å². The largest absolute Gasteiger partial charge is 0.493 e. The van der Waals surface area contributed by atoms with E-state index in [0.29, 0.717) is 17.2 Å². The first-order valence-corrected chi connectivity index (χ1v) is 8.71. The maximum atomic E-state index is 12.7. The minimum absolute atomic E-state index is 0.0750. The first-order valence-electron chi connectivity index (χ1n) is 7.16. The second-order valence-corrected chi connectivity index (χ2v) is 6.41. The highest BCUT2D eigenvalue weighted by atomic mass is 31.2. The fourth-order valence-corrected chi connectivity index (χ4v) is 3.46. The third-order valence-corrected chi connectivity index (χ3v) is 4.99. The molecule has 0 amide bonds. The Labute approximate surface area is 135 Å². The first kappa shape index (κ1) is 17.5. The third kappa shape index (κ3) is 3.75. The van der Waals surface area contributed by atoms with Crippen molar-refractivity contribution in [3.63, 3.8) is 0 Å². The highest BCUT2D eigenvalue weighted by Crippen LogP contribution is 2.47. The van der Waals surface area contributed by atoms with Crippen LogP contribution in [0.15, 0.2) is 28.8 Å². The van der Waals surface area contributed by atoms with E-state index in [1.807, 2.05) is 0 Å². The molecule has 1 aromatic heterocycles. The Morgan fingerprint density at radius 3 is 2.26 bits per heavy atom. The van der Waals surface area contributed by atoms with Crippen LogP contribution in [-0.2, 0) is 13.6 Å². The fraction of sp³-hybridized carbons (Fsp3) is 0.400. The molecule has 126 valence electrons. The van der Waals surface area contributed by atoms with Gasteiger partial charge in [0.05, 0.1) is 27.4 Å². The van der Waals surface area contributed by atoms with Crippen LogP contribution in [0.5, 0.6) is 11.5 Å². The molecule has 0 saturated carbocycles. The van der Waals surface area contributed by atoms with Crippen LogP contribution in [0.4, 0.5) is 0 Å². The predicted octanol–water partition coefficient (Wildman–Crippen LogP) is 3.25. The van der Waals surface area contributed by atoms with Crippen molar-refractivity contribution >= 4 is 13.1 Å². The van der Waals surface area contributed by atoms with Gasteiger partial charge in [-0.25, -0.2) is 0 Å². The molecule has 1 heterocycles. The molecule has 0 aliphatic carbocycles. The monoisotopic (exact) mass is 341 g/mol. The van der Waals surface area contributed by atoms with Gasteiger partial charge in [-0.1, -0.05) is 5.16 Å². The molecule has 0 fully saturated rings. The number of ether oxygens (including phenoxy) is 2. The van der Waals surface area contributed by atoms with Gasteiger partial charge in [0.2, 0.25) is 5.50 Å². The molecule has 7 nitrogen and oxygen atoms in total. The van der Waals surface area contributed by atoms with E-state index in [9.17, 15) is 4.57 Å². The van der Waals surface area contributed by atoms with E-state index in [-0.39, 0.29) is 18.7 Å². The Morgan fingerprint density at radius 2 is 1.70 bits per heavy atom. The van der Waals surface area contributed by atoms with Gasteiger partial charge in [0.1, 0.15) is 5.69 Å². The van der Waals surface area contributed by atoms with Crippen molar-refractivity contribution in [1.82, 2.24) is 5.16 Å². The highest BCUT2D eigenvalue weighted by Gasteiger charge is 2.32. The number of hydrogen-bond donors (Lipinski definition) is 0. The molecular weight excluding hydrogens is 321 g/mol. The maximum Gasteiger partial charge on any atom is 0.399 e. The summed E-state index contributed by atoms with van der Waals surface area (Å²) < 4.78 is 38.8. The van der Waals surface area contributed by atoms with Crippen molar-refractivity contribution in [3.8, 4) is 22.8 Å². The number of aromatic nitrogens is 1. The van der Waals surface area contributed by atoms with Crippen LogP contribution in [0.3, 0.4) is 0 Å². The minimum Gasteiger partial charge on any atom is -0.493 e. The van der Waals surface area contributed by atoms with Gasteiger partial charge in [-0.05, 0) is 32.0 Å². The molecule has 8 heteroatoms. The van der Waals surface area contributed by atoms with E-state index in [1.54, 1.807) is 52.3 Å².